The van der Waals surface area contributed by atoms with Crippen LogP contribution in [0.3, 0.4) is 0 Å². The second kappa shape index (κ2) is 7.17. The second-order valence-electron chi connectivity index (χ2n) is 5.57. The number of pyridine rings is 1. The fourth-order valence-electron chi connectivity index (χ4n) is 2.88. The van der Waals surface area contributed by atoms with Gasteiger partial charge in [0.2, 0.25) is 0 Å². The first-order valence-corrected chi connectivity index (χ1v) is 7.76. The predicted molar refractivity (Wildman–Crippen MR) is 85.8 cm³/mol. The van der Waals surface area contributed by atoms with Crippen LogP contribution in [0.5, 0.6) is 0 Å². The molecule has 0 aromatic carbocycles. The van der Waals surface area contributed by atoms with E-state index in [4.69, 9.17) is 0 Å². The van der Waals surface area contributed by atoms with Crippen LogP contribution in [0.1, 0.15) is 25.0 Å². The highest BCUT2D eigenvalue weighted by atomic mass is 16.1. The second-order valence-corrected chi connectivity index (χ2v) is 5.57. The Bertz CT molecular complexity index is 622. The van der Waals surface area contributed by atoms with Gasteiger partial charge in [0.15, 0.2) is 0 Å². The lowest BCUT2D eigenvalue weighted by Gasteiger charge is -2.36. The SMILES string of the molecule is O=c1ccc(N2CCCCC2CNCc2ccccn2)n[nH]1. The van der Waals surface area contributed by atoms with Crippen LogP contribution in [0, 0.1) is 0 Å². The lowest BCUT2D eigenvalue weighted by atomic mass is 10.0. The largest absolute Gasteiger partial charge is 0.351 e. The Balaban J connectivity index is 1.60. The average molecular weight is 299 g/mol. The molecule has 1 aliphatic heterocycles. The predicted octanol–water partition coefficient (Wildman–Crippen LogP) is 1.31. The Morgan fingerprint density at radius 2 is 2.23 bits per heavy atom. The van der Waals surface area contributed by atoms with Crippen molar-refractivity contribution in [1.29, 1.82) is 0 Å². The van der Waals surface area contributed by atoms with Crippen molar-refractivity contribution in [3.63, 3.8) is 0 Å². The molecule has 116 valence electrons. The van der Waals surface area contributed by atoms with Crippen molar-refractivity contribution >= 4 is 5.82 Å². The van der Waals surface area contributed by atoms with E-state index in [0.29, 0.717) is 6.04 Å². The van der Waals surface area contributed by atoms with Crippen molar-refractivity contribution in [2.24, 2.45) is 0 Å². The van der Waals surface area contributed by atoms with E-state index in [9.17, 15) is 4.79 Å². The summed E-state index contributed by atoms with van der Waals surface area (Å²) in [5, 5.41) is 10.2. The summed E-state index contributed by atoms with van der Waals surface area (Å²) in [4.78, 5) is 17.8. The van der Waals surface area contributed by atoms with Gasteiger partial charge in [-0.15, -0.1) is 0 Å². The summed E-state index contributed by atoms with van der Waals surface area (Å²) in [5.41, 5.74) is 0.887. The maximum Gasteiger partial charge on any atom is 0.264 e. The molecular weight excluding hydrogens is 278 g/mol. The third kappa shape index (κ3) is 3.71. The molecule has 2 N–H and O–H groups in total. The number of nitrogens with one attached hydrogen (secondary N) is 2. The topological polar surface area (TPSA) is 73.9 Å². The van der Waals surface area contributed by atoms with Crippen LogP contribution in [0.4, 0.5) is 5.82 Å². The number of rotatable bonds is 5. The van der Waals surface area contributed by atoms with Crippen LogP contribution in [0.25, 0.3) is 0 Å². The fourth-order valence-corrected chi connectivity index (χ4v) is 2.88. The van der Waals surface area contributed by atoms with Crippen LogP contribution in [0.15, 0.2) is 41.3 Å². The molecule has 2 aromatic rings. The van der Waals surface area contributed by atoms with Crippen molar-refractivity contribution in [2.75, 3.05) is 18.0 Å². The van der Waals surface area contributed by atoms with E-state index in [-0.39, 0.29) is 5.56 Å². The number of H-pyrrole nitrogens is 1. The van der Waals surface area contributed by atoms with Crippen LogP contribution in [0.2, 0.25) is 0 Å². The molecular formula is C16H21N5O. The summed E-state index contributed by atoms with van der Waals surface area (Å²) in [6, 6.07) is 9.69. The monoisotopic (exact) mass is 299 g/mol. The normalized spacial score (nSPS) is 18.4. The molecule has 0 aliphatic carbocycles. The van der Waals surface area contributed by atoms with Crippen LogP contribution >= 0.6 is 0 Å². The molecule has 0 radical (unpaired) electrons. The number of piperidine rings is 1. The van der Waals surface area contributed by atoms with E-state index >= 15 is 0 Å². The third-order valence-electron chi connectivity index (χ3n) is 4.00. The number of hydrogen-bond donors (Lipinski definition) is 2. The smallest absolute Gasteiger partial charge is 0.264 e. The molecule has 0 bridgehead atoms. The standard InChI is InChI=1S/C16H21N5O/c22-16-8-7-15(19-20-16)21-10-4-2-6-14(21)12-17-11-13-5-1-3-9-18-13/h1,3,5,7-9,14,17H,2,4,6,10-12H2,(H,20,22). The molecule has 1 fully saturated rings. The zero-order chi connectivity index (χ0) is 15.2. The van der Waals surface area contributed by atoms with Gasteiger partial charge in [0.1, 0.15) is 5.82 Å². The first kappa shape index (κ1) is 14.7. The third-order valence-corrected chi connectivity index (χ3v) is 4.00. The van der Waals surface area contributed by atoms with E-state index in [2.05, 4.69) is 25.4 Å². The Morgan fingerprint density at radius 1 is 1.27 bits per heavy atom. The van der Waals surface area contributed by atoms with Gasteiger partial charge in [-0.25, -0.2) is 5.10 Å². The van der Waals surface area contributed by atoms with Crippen LogP contribution < -0.4 is 15.8 Å². The summed E-state index contributed by atoms with van der Waals surface area (Å²) in [6.45, 7) is 2.64. The number of nitrogens with zero attached hydrogens (tertiary/aromatic N) is 3. The van der Waals surface area contributed by atoms with E-state index in [1.807, 2.05) is 24.4 Å². The molecule has 0 amide bonds. The first-order chi connectivity index (χ1) is 10.8. The minimum absolute atomic E-state index is 0.161. The van der Waals surface area contributed by atoms with Gasteiger partial charge in [0.05, 0.1) is 5.69 Å². The Labute approximate surface area is 129 Å². The van der Waals surface area contributed by atoms with Crippen molar-refractivity contribution < 1.29 is 0 Å². The Morgan fingerprint density at radius 3 is 3.00 bits per heavy atom. The highest BCUT2D eigenvalue weighted by Gasteiger charge is 2.23. The van der Waals surface area contributed by atoms with E-state index in [0.717, 1.165) is 44.0 Å². The van der Waals surface area contributed by atoms with Gasteiger partial charge < -0.3 is 10.2 Å². The molecule has 1 atom stereocenters. The van der Waals surface area contributed by atoms with Crippen molar-refractivity contribution in [3.8, 4) is 0 Å². The molecule has 1 saturated heterocycles. The lowest BCUT2D eigenvalue weighted by molar-refractivity contribution is 0.430. The van der Waals surface area contributed by atoms with Crippen molar-refractivity contribution in [2.45, 2.75) is 31.8 Å². The van der Waals surface area contributed by atoms with E-state index in [1.165, 1.54) is 12.5 Å². The van der Waals surface area contributed by atoms with E-state index < -0.39 is 0 Å². The van der Waals surface area contributed by atoms with Gasteiger partial charge >= 0.3 is 0 Å². The Kier molecular flexibility index (Phi) is 4.80. The van der Waals surface area contributed by atoms with Gasteiger partial charge in [-0.05, 0) is 37.5 Å². The number of aromatic amines is 1. The summed E-state index contributed by atoms with van der Waals surface area (Å²) < 4.78 is 0. The molecule has 3 rings (SSSR count). The summed E-state index contributed by atoms with van der Waals surface area (Å²) in [7, 11) is 0. The van der Waals surface area contributed by atoms with Gasteiger partial charge in [0, 0.05) is 37.9 Å². The van der Waals surface area contributed by atoms with Crippen LogP contribution in [-0.4, -0.2) is 34.3 Å². The highest BCUT2D eigenvalue weighted by Crippen LogP contribution is 2.21. The van der Waals surface area contributed by atoms with Gasteiger partial charge in [-0.1, -0.05) is 6.07 Å². The highest BCUT2D eigenvalue weighted by molar-refractivity contribution is 5.38. The minimum Gasteiger partial charge on any atom is -0.351 e. The quantitative estimate of drug-likeness (QED) is 0.871. The molecule has 0 spiro atoms. The molecule has 22 heavy (non-hydrogen) atoms. The zero-order valence-corrected chi connectivity index (χ0v) is 12.5. The maximum atomic E-state index is 11.2. The lowest BCUT2D eigenvalue weighted by Crippen LogP contribution is -2.46. The minimum atomic E-state index is -0.161. The van der Waals surface area contributed by atoms with Crippen molar-refractivity contribution in [1.82, 2.24) is 20.5 Å². The van der Waals surface area contributed by atoms with Gasteiger partial charge in [0.25, 0.3) is 5.56 Å². The van der Waals surface area contributed by atoms with Crippen LogP contribution in [-0.2, 0) is 6.54 Å². The Hall–Kier alpha value is -2.21. The fraction of sp³-hybridized carbons (Fsp3) is 0.438. The van der Waals surface area contributed by atoms with Crippen molar-refractivity contribution in [3.05, 3.63) is 52.6 Å². The number of anilines is 1. The molecule has 6 heteroatoms. The first-order valence-electron chi connectivity index (χ1n) is 7.76. The summed E-state index contributed by atoms with van der Waals surface area (Å²) >= 11 is 0. The van der Waals surface area contributed by atoms with Gasteiger partial charge in [-0.2, -0.15) is 5.10 Å². The number of aromatic nitrogens is 3. The molecule has 6 nitrogen and oxygen atoms in total. The van der Waals surface area contributed by atoms with E-state index in [1.54, 1.807) is 6.07 Å². The molecule has 3 heterocycles. The number of hydrogen-bond acceptors (Lipinski definition) is 5. The molecule has 0 saturated carbocycles. The summed E-state index contributed by atoms with van der Waals surface area (Å²) in [5.74, 6) is 0.851. The maximum absolute atomic E-state index is 11.2. The average Bonchev–Trinajstić information content (AvgIpc) is 2.57. The zero-order valence-electron chi connectivity index (χ0n) is 12.5. The van der Waals surface area contributed by atoms with Gasteiger partial charge in [-0.3, -0.25) is 9.78 Å². The molecule has 1 aliphatic rings. The summed E-state index contributed by atoms with van der Waals surface area (Å²) in [6.07, 6.45) is 5.34. The molecule has 2 aromatic heterocycles. The molecule has 1 unspecified atom stereocenters.